The Kier molecular flexibility index (Phi) is 3.79. The van der Waals surface area contributed by atoms with Gasteiger partial charge < -0.3 is 14.4 Å². The monoisotopic (exact) mass is 275 g/mol. The molecule has 1 N–H and O–H groups in total. The van der Waals surface area contributed by atoms with Gasteiger partial charge in [-0.2, -0.15) is 0 Å². The molecule has 0 radical (unpaired) electrons. The largest absolute Gasteiger partial charge is 0.508 e. The number of Topliss-reactive ketones (excluding diaryl/α,β-unsaturated/α-hetero) is 1. The Labute approximate surface area is 116 Å². The average molecular weight is 275 g/mol. The van der Waals surface area contributed by atoms with Gasteiger partial charge in [0.2, 0.25) is 0 Å². The third kappa shape index (κ3) is 2.15. The molecule has 0 spiro atoms. The first kappa shape index (κ1) is 14.1. The fraction of sp³-hybridized carbons (Fsp3) is 0.333. The van der Waals surface area contributed by atoms with Crippen LogP contribution in [0.4, 0.5) is 0 Å². The lowest BCUT2D eigenvalue weighted by molar-refractivity contribution is -0.137. The smallest absolute Gasteiger partial charge is 0.381 e. The molecule has 0 aliphatic rings. The molecule has 0 atom stereocenters. The SMILES string of the molecule is CCOC(=O)C(=O)c1c(C)c2ccc(O)cc2n1CC. The lowest BCUT2D eigenvalue weighted by Crippen LogP contribution is -2.21. The van der Waals surface area contributed by atoms with Crippen LogP contribution in [0.2, 0.25) is 0 Å². The summed E-state index contributed by atoms with van der Waals surface area (Å²) in [6.07, 6.45) is 0. The van der Waals surface area contributed by atoms with Crippen LogP contribution < -0.4 is 0 Å². The number of carbonyl (C=O) groups is 2. The summed E-state index contributed by atoms with van der Waals surface area (Å²) in [6, 6.07) is 4.90. The maximum atomic E-state index is 12.2. The summed E-state index contributed by atoms with van der Waals surface area (Å²) in [7, 11) is 0. The van der Waals surface area contributed by atoms with Crippen LogP contribution in [0.3, 0.4) is 0 Å². The topological polar surface area (TPSA) is 68.5 Å². The highest BCUT2D eigenvalue weighted by Crippen LogP contribution is 2.29. The Hall–Kier alpha value is -2.30. The van der Waals surface area contributed by atoms with Gasteiger partial charge in [-0.25, -0.2) is 4.79 Å². The van der Waals surface area contributed by atoms with Crippen LogP contribution in [0, 0.1) is 6.92 Å². The molecular weight excluding hydrogens is 258 g/mol. The molecule has 2 aromatic rings. The second-order valence-electron chi connectivity index (χ2n) is 4.47. The summed E-state index contributed by atoms with van der Waals surface area (Å²) < 4.78 is 6.51. The number of aromatic hydroxyl groups is 1. The number of aromatic nitrogens is 1. The Bertz CT molecular complexity index is 685. The van der Waals surface area contributed by atoms with Gasteiger partial charge in [0.1, 0.15) is 11.4 Å². The molecule has 0 aliphatic heterocycles. The van der Waals surface area contributed by atoms with E-state index in [1.165, 1.54) is 0 Å². The number of esters is 1. The summed E-state index contributed by atoms with van der Waals surface area (Å²) in [6.45, 7) is 6.01. The number of hydrogen-bond acceptors (Lipinski definition) is 4. The average Bonchev–Trinajstić information content (AvgIpc) is 2.70. The Morgan fingerprint density at radius 2 is 2.00 bits per heavy atom. The highest BCUT2D eigenvalue weighted by Gasteiger charge is 2.26. The minimum Gasteiger partial charge on any atom is -0.508 e. The quantitative estimate of drug-likeness (QED) is 0.528. The molecule has 5 heteroatoms. The number of ketones is 1. The van der Waals surface area contributed by atoms with Gasteiger partial charge in [-0.05, 0) is 38.5 Å². The first-order valence-corrected chi connectivity index (χ1v) is 6.54. The molecule has 1 aromatic heterocycles. The number of hydrogen-bond donors (Lipinski definition) is 1. The van der Waals surface area contributed by atoms with Crippen molar-refractivity contribution >= 4 is 22.7 Å². The third-order valence-corrected chi connectivity index (χ3v) is 3.29. The van der Waals surface area contributed by atoms with Gasteiger partial charge in [-0.3, -0.25) is 4.79 Å². The van der Waals surface area contributed by atoms with E-state index >= 15 is 0 Å². The lowest BCUT2D eigenvalue weighted by Gasteiger charge is -2.07. The molecule has 1 heterocycles. The number of benzene rings is 1. The van der Waals surface area contributed by atoms with Crippen LogP contribution in [0.25, 0.3) is 10.9 Å². The predicted octanol–water partition coefficient (Wildman–Crippen LogP) is 2.42. The second kappa shape index (κ2) is 5.36. The van der Waals surface area contributed by atoms with Crippen LogP contribution in [0.1, 0.15) is 29.9 Å². The molecule has 0 unspecified atom stereocenters. The van der Waals surface area contributed by atoms with Gasteiger partial charge >= 0.3 is 5.97 Å². The molecule has 0 aliphatic carbocycles. The number of fused-ring (bicyclic) bond motifs is 1. The maximum Gasteiger partial charge on any atom is 0.381 e. The zero-order valence-electron chi connectivity index (χ0n) is 11.8. The van der Waals surface area contributed by atoms with Crippen LogP contribution in [-0.4, -0.2) is 28.0 Å². The number of aryl methyl sites for hydroxylation is 2. The number of phenols is 1. The van der Waals surface area contributed by atoms with Crippen molar-refractivity contribution in [2.75, 3.05) is 6.61 Å². The Morgan fingerprint density at radius 1 is 1.30 bits per heavy atom. The van der Waals surface area contributed by atoms with E-state index in [4.69, 9.17) is 4.74 Å². The van der Waals surface area contributed by atoms with Gasteiger partial charge in [-0.15, -0.1) is 0 Å². The number of carbonyl (C=O) groups excluding carboxylic acids is 2. The normalized spacial score (nSPS) is 10.8. The highest BCUT2D eigenvalue weighted by atomic mass is 16.5. The van der Waals surface area contributed by atoms with Crippen molar-refractivity contribution in [3.8, 4) is 5.75 Å². The van der Waals surface area contributed by atoms with Gasteiger partial charge in [0, 0.05) is 18.0 Å². The van der Waals surface area contributed by atoms with Gasteiger partial charge in [0.25, 0.3) is 5.78 Å². The summed E-state index contributed by atoms with van der Waals surface area (Å²) in [5, 5.41) is 10.4. The van der Waals surface area contributed by atoms with Crippen molar-refractivity contribution in [3.05, 3.63) is 29.5 Å². The lowest BCUT2D eigenvalue weighted by atomic mass is 10.1. The molecule has 0 fully saturated rings. The summed E-state index contributed by atoms with van der Waals surface area (Å²) in [4.78, 5) is 23.9. The molecular formula is C15H17NO4. The first-order valence-electron chi connectivity index (χ1n) is 6.54. The van der Waals surface area contributed by atoms with Crippen molar-refractivity contribution < 1.29 is 19.4 Å². The van der Waals surface area contributed by atoms with Crippen LogP contribution in [-0.2, 0) is 16.1 Å². The molecule has 20 heavy (non-hydrogen) atoms. The zero-order chi connectivity index (χ0) is 14.9. The molecule has 0 amide bonds. The minimum atomic E-state index is -0.850. The van der Waals surface area contributed by atoms with Crippen molar-refractivity contribution in [2.24, 2.45) is 0 Å². The van der Waals surface area contributed by atoms with E-state index in [0.717, 1.165) is 16.5 Å². The van der Waals surface area contributed by atoms with Crippen molar-refractivity contribution in [1.82, 2.24) is 4.57 Å². The van der Waals surface area contributed by atoms with Gasteiger partial charge in [-0.1, -0.05) is 0 Å². The molecule has 2 rings (SSSR count). The van der Waals surface area contributed by atoms with Crippen LogP contribution >= 0.6 is 0 Å². The molecule has 106 valence electrons. The van der Waals surface area contributed by atoms with E-state index in [1.807, 2.05) is 6.92 Å². The summed E-state index contributed by atoms with van der Waals surface area (Å²) in [5.74, 6) is -1.38. The molecule has 1 aromatic carbocycles. The van der Waals surface area contributed by atoms with E-state index in [0.29, 0.717) is 12.2 Å². The highest BCUT2D eigenvalue weighted by molar-refractivity contribution is 6.41. The van der Waals surface area contributed by atoms with E-state index in [-0.39, 0.29) is 12.4 Å². The fourth-order valence-corrected chi connectivity index (χ4v) is 2.43. The Morgan fingerprint density at radius 3 is 2.60 bits per heavy atom. The van der Waals surface area contributed by atoms with Crippen molar-refractivity contribution in [1.29, 1.82) is 0 Å². The Balaban J connectivity index is 2.66. The minimum absolute atomic E-state index is 0.125. The van der Waals surface area contributed by atoms with E-state index in [9.17, 15) is 14.7 Å². The van der Waals surface area contributed by atoms with E-state index < -0.39 is 11.8 Å². The van der Waals surface area contributed by atoms with Crippen molar-refractivity contribution in [2.45, 2.75) is 27.3 Å². The number of nitrogens with zero attached hydrogens (tertiary/aromatic N) is 1. The zero-order valence-corrected chi connectivity index (χ0v) is 11.8. The van der Waals surface area contributed by atoms with E-state index in [2.05, 4.69) is 0 Å². The number of ether oxygens (including phenoxy) is 1. The molecule has 0 saturated heterocycles. The van der Waals surface area contributed by atoms with Gasteiger partial charge in [0.15, 0.2) is 0 Å². The third-order valence-electron chi connectivity index (χ3n) is 3.29. The first-order chi connectivity index (χ1) is 9.51. The summed E-state index contributed by atoms with van der Waals surface area (Å²) >= 11 is 0. The molecule has 5 nitrogen and oxygen atoms in total. The maximum absolute atomic E-state index is 12.2. The predicted molar refractivity (Wildman–Crippen MR) is 75.0 cm³/mol. The van der Waals surface area contributed by atoms with Crippen molar-refractivity contribution in [3.63, 3.8) is 0 Å². The fourth-order valence-electron chi connectivity index (χ4n) is 2.43. The standard InChI is InChI=1S/C15H17NO4/c1-4-16-12-8-10(17)6-7-11(12)9(3)13(16)14(18)15(19)20-5-2/h6-8,17H,4-5H2,1-3H3. The van der Waals surface area contributed by atoms with E-state index in [1.54, 1.807) is 36.6 Å². The molecule has 0 bridgehead atoms. The molecule has 0 saturated carbocycles. The summed E-state index contributed by atoms with van der Waals surface area (Å²) in [5.41, 5.74) is 1.78. The van der Waals surface area contributed by atoms with Gasteiger partial charge in [0.05, 0.1) is 12.1 Å². The second-order valence-corrected chi connectivity index (χ2v) is 4.47. The number of rotatable bonds is 4. The van der Waals surface area contributed by atoms with Crippen LogP contribution in [0.5, 0.6) is 5.75 Å². The number of phenolic OH excluding ortho intramolecular Hbond substituents is 1. The van der Waals surface area contributed by atoms with Crippen LogP contribution in [0.15, 0.2) is 18.2 Å².